The van der Waals surface area contributed by atoms with E-state index in [1.807, 2.05) is 13.8 Å². The molecule has 2 N–H and O–H groups in total. The van der Waals surface area contributed by atoms with E-state index in [2.05, 4.69) is 0 Å². The first-order valence-electron chi connectivity index (χ1n) is 5.12. The lowest BCUT2D eigenvalue weighted by atomic mass is 10.1. The molecule has 0 spiro atoms. The van der Waals surface area contributed by atoms with Crippen molar-refractivity contribution in [1.29, 1.82) is 0 Å². The highest BCUT2D eigenvalue weighted by Gasteiger charge is 2.12. The van der Waals surface area contributed by atoms with E-state index in [-0.39, 0.29) is 5.91 Å². The van der Waals surface area contributed by atoms with E-state index in [1.165, 1.54) is 6.07 Å². The number of nitrogens with zero attached hydrogens (tertiary/aromatic N) is 1. The molecule has 1 aromatic rings. The van der Waals surface area contributed by atoms with Crippen LogP contribution in [0, 0.1) is 6.92 Å². The van der Waals surface area contributed by atoms with Gasteiger partial charge in [-0.3, -0.25) is 9.59 Å². The van der Waals surface area contributed by atoms with Crippen LogP contribution in [-0.2, 0) is 0 Å². The number of carbonyl (C=O) groups is 2. The van der Waals surface area contributed by atoms with Crippen LogP contribution in [0.1, 0.15) is 33.2 Å². The molecular formula is C12H16N2O2. The highest BCUT2D eigenvalue weighted by Crippen LogP contribution is 2.11. The van der Waals surface area contributed by atoms with Crippen molar-refractivity contribution in [2.75, 3.05) is 13.6 Å². The van der Waals surface area contributed by atoms with Gasteiger partial charge in [0.25, 0.3) is 5.91 Å². The standard InChI is InChI=1S/C12H16N2O2/c1-4-14(3)12(16)10-6-8(2)5-9(7-10)11(13)15/h5-7H,4H2,1-3H3,(H2,13,15). The Labute approximate surface area is 95.0 Å². The number of aryl methyl sites for hydroxylation is 1. The van der Waals surface area contributed by atoms with Gasteiger partial charge in [0.05, 0.1) is 0 Å². The Morgan fingerprint density at radius 3 is 2.31 bits per heavy atom. The summed E-state index contributed by atoms with van der Waals surface area (Å²) >= 11 is 0. The maximum Gasteiger partial charge on any atom is 0.253 e. The SMILES string of the molecule is CCN(C)C(=O)c1cc(C)cc(C(N)=O)c1. The van der Waals surface area contributed by atoms with Gasteiger partial charge < -0.3 is 10.6 Å². The smallest absolute Gasteiger partial charge is 0.253 e. The van der Waals surface area contributed by atoms with Crippen molar-refractivity contribution in [2.24, 2.45) is 5.73 Å². The van der Waals surface area contributed by atoms with E-state index >= 15 is 0 Å². The fourth-order valence-electron chi connectivity index (χ4n) is 1.41. The molecule has 16 heavy (non-hydrogen) atoms. The zero-order chi connectivity index (χ0) is 12.3. The summed E-state index contributed by atoms with van der Waals surface area (Å²) < 4.78 is 0. The molecule has 0 radical (unpaired) electrons. The van der Waals surface area contributed by atoms with E-state index in [0.717, 1.165) is 5.56 Å². The molecule has 0 bridgehead atoms. The minimum absolute atomic E-state index is 0.103. The summed E-state index contributed by atoms with van der Waals surface area (Å²) in [5, 5.41) is 0. The maximum absolute atomic E-state index is 11.9. The van der Waals surface area contributed by atoms with Gasteiger partial charge in [0.1, 0.15) is 0 Å². The molecule has 2 amide bonds. The van der Waals surface area contributed by atoms with Gasteiger partial charge in [-0.25, -0.2) is 0 Å². The first-order valence-corrected chi connectivity index (χ1v) is 5.12. The third-order valence-electron chi connectivity index (χ3n) is 2.43. The van der Waals surface area contributed by atoms with Crippen LogP contribution in [-0.4, -0.2) is 30.3 Å². The fourth-order valence-corrected chi connectivity index (χ4v) is 1.41. The predicted octanol–water partition coefficient (Wildman–Crippen LogP) is 1.19. The number of primary amides is 1. The molecule has 0 fully saturated rings. The highest BCUT2D eigenvalue weighted by molar-refractivity contribution is 5.99. The average molecular weight is 220 g/mol. The largest absolute Gasteiger partial charge is 0.366 e. The van der Waals surface area contributed by atoms with Crippen molar-refractivity contribution >= 4 is 11.8 Å². The van der Waals surface area contributed by atoms with Crippen LogP contribution in [0.3, 0.4) is 0 Å². The lowest BCUT2D eigenvalue weighted by molar-refractivity contribution is 0.0802. The quantitative estimate of drug-likeness (QED) is 0.831. The fraction of sp³-hybridized carbons (Fsp3) is 0.333. The second-order valence-electron chi connectivity index (χ2n) is 3.77. The second kappa shape index (κ2) is 4.79. The number of benzene rings is 1. The molecule has 0 aliphatic heterocycles. The van der Waals surface area contributed by atoms with E-state index in [1.54, 1.807) is 24.1 Å². The second-order valence-corrected chi connectivity index (χ2v) is 3.77. The summed E-state index contributed by atoms with van der Waals surface area (Å²) in [7, 11) is 1.72. The van der Waals surface area contributed by atoms with E-state index in [0.29, 0.717) is 17.7 Å². The minimum atomic E-state index is -0.517. The van der Waals surface area contributed by atoms with Gasteiger partial charge in [-0.1, -0.05) is 0 Å². The van der Waals surface area contributed by atoms with Crippen LogP contribution < -0.4 is 5.73 Å². The van der Waals surface area contributed by atoms with Gasteiger partial charge in [-0.05, 0) is 37.6 Å². The summed E-state index contributed by atoms with van der Waals surface area (Å²) in [6.07, 6.45) is 0. The Morgan fingerprint density at radius 2 is 1.81 bits per heavy atom. The summed E-state index contributed by atoms with van der Waals surface area (Å²) in [6.45, 7) is 4.34. The average Bonchev–Trinajstić information content (AvgIpc) is 2.26. The molecule has 0 aliphatic carbocycles. The Hall–Kier alpha value is -1.84. The highest BCUT2D eigenvalue weighted by atomic mass is 16.2. The van der Waals surface area contributed by atoms with Crippen LogP contribution in [0.25, 0.3) is 0 Å². The molecule has 4 nitrogen and oxygen atoms in total. The zero-order valence-corrected chi connectivity index (χ0v) is 9.78. The Bertz CT molecular complexity index is 427. The molecule has 0 aromatic heterocycles. The van der Waals surface area contributed by atoms with Gasteiger partial charge >= 0.3 is 0 Å². The van der Waals surface area contributed by atoms with Crippen molar-refractivity contribution in [2.45, 2.75) is 13.8 Å². The van der Waals surface area contributed by atoms with Gasteiger partial charge in [-0.2, -0.15) is 0 Å². The Morgan fingerprint density at radius 1 is 1.25 bits per heavy atom. The first kappa shape index (κ1) is 12.2. The van der Waals surface area contributed by atoms with Crippen LogP contribution in [0.5, 0.6) is 0 Å². The molecule has 1 rings (SSSR count). The summed E-state index contributed by atoms with van der Waals surface area (Å²) in [4.78, 5) is 24.5. The van der Waals surface area contributed by atoms with Crippen molar-refractivity contribution in [3.8, 4) is 0 Å². The van der Waals surface area contributed by atoms with Crippen molar-refractivity contribution in [3.05, 3.63) is 34.9 Å². The topological polar surface area (TPSA) is 63.4 Å². The van der Waals surface area contributed by atoms with Crippen molar-refractivity contribution in [1.82, 2.24) is 4.90 Å². The normalized spacial score (nSPS) is 9.94. The van der Waals surface area contributed by atoms with Crippen LogP contribution >= 0.6 is 0 Å². The van der Waals surface area contributed by atoms with Gasteiger partial charge in [0.15, 0.2) is 0 Å². The van der Waals surface area contributed by atoms with Crippen molar-refractivity contribution in [3.63, 3.8) is 0 Å². The third-order valence-corrected chi connectivity index (χ3v) is 2.43. The van der Waals surface area contributed by atoms with E-state index in [9.17, 15) is 9.59 Å². The molecule has 4 heteroatoms. The van der Waals surface area contributed by atoms with Crippen molar-refractivity contribution < 1.29 is 9.59 Å². The summed E-state index contributed by atoms with van der Waals surface area (Å²) in [5.74, 6) is -0.620. The minimum Gasteiger partial charge on any atom is -0.366 e. The Balaban J connectivity index is 3.14. The van der Waals surface area contributed by atoms with Gasteiger partial charge in [0, 0.05) is 24.7 Å². The lowest BCUT2D eigenvalue weighted by Crippen LogP contribution is -2.26. The first-order chi connectivity index (χ1) is 7.45. The molecule has 0 atom stereocenters. The lowest BCUT2D eigenvalue weighted by Gasteiger charge is -2.15. The monoisotopic (exact) mass is 220 g/mol. The summed E-state index contributed by atoms with van der Waals surface area (Å²) in [6, 6.07) is 4.95. The maximum atomic E-state index is 11.9. The number of nitrogens with two attached hydrogens (primary N) is 1. The number of carbonyl (C=O) groups excluding carboxylic acids is 2. The molecule has 86 valence electrons. The third kappa shape index (κ3) is 2.59. The van der Waals surface area contributed by atoms with Gasteiger partial charge in [0.2, 0.25) is 5.91 Å². The number of hydrogen-bond acceptors (Lipinski definition) is 2. The number of amides is 2. The summed E-state index contributed by atoms with van der Waals surface area (Å²) in [5.41, 5.74) is 6.91. The molecule has 0 saturated carbocycles. The molecule has 0 heterocycles. The predicted molar refractivity (Wildman–Crippen MR) is 62.3 cm³/mol. The molecular weight excluding hydrogens is 204 g/mol. The number of hydrogen-bond donors (Lipinski definition) is 1. The number of rotatable bonds is 3. The van der Waals surface area contributed by atoms with Crippen LogP contribution in [0.4, 0.5) is 0 Å². The molecule has 0 aliphatic rings. The van der Waals surface area contributed by atoms with Gasteiger partial charge in [-0.15, -0.1) is 0 Å². The van der Waals surface area contributed by atoms with E-state index < -0.39 is 5.91 Å². The molecule has 0 unspecified atom stereocenters. The van der Waals surface area contributed by atoms with Crippen LogP contribution in [0.15, 0.2) is 18.2 Å². The molecule has 0 saturated heterocycles. The Kier molecular flexibility index (Phi) is 3.66. The zero-order valence-electron chi connectivity index (χ0n) is 9.78. The van der Waals surface area contributed by atoms with E-state index in [4.69, 9.17) is 5.73 Å². The van der Waals surface area contributed by atoms with Crippen LogP contribution in [0.2, 0.25) is 0 Å². The molecule has 1 aromatic carbocycles.